The molecule has 22 heavy (non-hydrogen) atoms. The third-order valence-corrected chi connectivity index (χ3v) is 6.86. The van der Waals surface area contributed by atoms with E-state index in [0.717, 1.165) is 0 Å². The lowest BCUT2D eigenvalue weighted by Gasteiger charge is -2.25. The zero-order valence-corrected chi connectivity index (χ0v) is 15.6. The Kier molecular flexibility index (Phi) is 5.55. The molecule has 0 aromatic heterocycles. The minimum Gasteiger partial charge on any atom is -0.373 e. The Balaban J connectivity index is 2.14. The lowest BCUT2D eigenvalue weighted by molar-refractivity contribution is -0.122. The summed E-state index contributed by atoms with van der Waals surface area (Å²) in [7, 11) is -2.93. The van der Waals surface area contributed by atoms with E-state index < -0.39 is 9.84 Å². The highest BCUT2D eigenvalue weighted by molar-refractivity contribution is 8.26. The molecule has 2 aliphatic rings. The van der Waals surface area contributed by atoms with Crippen LogP contribution in [0.5, 0.6) is 0 Å². The van der Waals surface area contributed by atoms with Crippen LogP contribution in [0.15, 0.2) is 11.1 Å². The lowest BCUT2D eigenvalue weighted by atomic mass is 10.2. The van der Waals surface area contributed by atoms with Crippen molar-refractivity contribution in [3.63, 3.8) is 0 Å². The van der Waals surface area contributed by atoms with Crippen molar-refractivity contribution in [2.24, 2.45) is 5.92 Å². The van der Waals surface area contributed by atoms with E-state index in [-0.39, 0.29) is 23.5 Å². The number of carbonyl (C=O) groups excluding carboxylic acids is 1. The number of carbonyl (C=O) groups is 1. The monoisotopic (exact) mass is 362 g/mol. The summed E-state index contributed by atoms with van der Waals surface area (Å²) in [4.78, 5) is 16.6. The van der Waals surface area contributed by atoms with E-state index in [1.165, 1.54) is 11.8 Å². The molecule has 1 atom stereocenters. The molecule has 0 saturated carbocycles. The van der Waals surface area contributed by atoms with Crippen LogP contribution < -0.4 is 0 Å². The number of sulfone groups is 1. The van der Waals surface area contributed by atoms with Crippen molar-refractivity contribution < 1.29 is 13.2 Å². The van der Waals surface area contributed by atoms with Crippen LogP contribution in [0, 0.1) is 5.92 Å². The highest BCUT2D eigenvalue weighted by Crippen LogP contribution is 2.32. The van der Waals surface area contributed by atoms with Crippen molar-refractivity contribution in [2.45, 2.75) is 33.2 Å². The van der Waals surface area contributed by atoms with Crippen LogP contribution in [0.25, 0.3) is 0 Å². The summed E-state index contributed by atoms with van der Waals surface area (Å²) >= 11 is 6.59. The van der Waals surface area contributed by atoms with Gasteiger partial charge in [-0.15, -0.1) is 0 Å². The highest BCUT2D eigenvalue weighted by Gasteiger charge is 2.35. The number of nitrogens with zero attached hydrogens (tertiary/aromatic N) is 2. The number of thioether (sulfide) groups is 1. The standard InChI is InChI=1S/C14H22N2O3S3/c1-4-15(11-5-6-22(18,19)9-11)8-12-13(17)16(7-10(2)3)14(20)21-12/h8,10-11H,4-7,9H2,1-3H3/b12-8-. The summed E-state index contributed by atoms with van der Waals surface area (Å²) in [6.07, 6.45) is 2.42. The van der Waals surface area contributed by atoms with Crippen LogP contribution in [-0.4, -0.2) is 59.1 Å². The molecule has 0 bridgehead atoms. The van der Waals surface area contributed by atoms with Crippen LogP contribution in [0.4, 0.5) is 0 Å². The summed E-state index contributed by atoms with van der Waals surface area (Å²) in [6.45, 7) is 7.35. The lowest BCUT2D eigenvalue weighted by Crippen LogP contribution is -2.34. The molecule has 0 aromatic rings. The predicted octanol–water partition coefficient (Wildman–Crippen LogP) is 1.85. The van der Waals surface area contributed by atoms with Gasteiger partial charge in [0.15, 0.2) is 9.84 Å². The Hall–Kier alpha value is -0.600. The van der Waals surface area contributed by atoms with Gasteiger partial charge in [0.1, 0.15) is 4.32 Å². The Morgan fingerprint density at radius 2 is 2.18 bits per heavy atom. The molecule has 2 heterocycles. The third kappa shape index (κ3) is 4.02. The van der Waals surface area contributed by atoms with E-state index in [1.807, 2.05) is 25.7 Å². The van der Waals surface area contributed by atoms with E-state index in [1.54, 1.807) is 11.1 Å². The first-order valence-corrected chi connectivity index (χ1v) is 10.5. The van der Waals surface area contributed by atoms with Crippen molar-refractivity contribution in [3.8, 4) is 0 Å². The second kappa shape index (κ2) is 6.88. The zero-order chi connectivity index (χ0) is 16.5. The molecule has 0 radical (unpaired) electrons. The van der Waals surface area contributed by atoms with Crippen LogP contribution in [-0.2, 0) is 14.6 Å². The van der Waals surface area contributed by atoms with Crippen molar-refractivity contribution in [1.82, 2.24) is 9.80 Å². The Morgan fingerprint density at radius 3 is 2.68 bits per heavy atom. The molecule has 1 amide bonds. The minimum atomic E-state index is -2.93. The molecule has 2 rings (SSSR count). The summed E-state index contributed by atoms with van der Waals surface area (Å²) in [5.41, 5.74) is 0. The van der Waals surface area contributed by atoms with Gasteiger partial charge in [0.05, 0.1) is 16.4 Å². The fourth-order valence-corrected chi connectivity index (χ4v) is 5.67. The van der Waals surface area contributed by atoms with Crippen molar-refractivity contribution >= 4 is 44.0 Å². The summed E-state index contributed by atoms with van der Waals surface area (Å²) < 4.78 is 23.9. The SMILES string of the molecule is CCN(/C=C1\SC(=S)N(CC(C)C)C1=O)C1CCS(=O)(=O)C1. The van der Waals surface area contributed by atoms with Gasteiger partial charge >= 0.3 is 0 Å². The van der Waals surface area contributed by atoms with Gasteiger partial charge in [-0.05, 0) is 19.3 Å². The number of hydrogen-bond acceptors (Lipinski definition) is 6. The van der Waals surface area contributed by atoms with Crippen molar-refractivity contribution in [1.29, 1.82) is 0 Å². The average Bonchev–Trinajstić information content (AvgIpc) is 2.90. The highest BCUT2D eigenvalue weighted by atomic mass is 32.2. The van der Waals surface area contributed by atoms with Crippen LogP contribution >= 0.6 is 24.0 Å². The molecule has 124 valence electrons. The molecule has 1 unspecified atom stereocenters. The second-order valence-corrected chi connectivity index (χ2v) is 9.96. The third-order valence-electron chi connectivity index (χ3n) is 3.75. The van der Waals surface area contributed by atoms with Gasteiger partial charge in [0.25, 0.3) is 5.91 Å². The topological polar surface area (TPSA) is 57.7 Å². The first-order valence-electron chi connectivity index (χ1n) is 7.45. The number of amides is 1. The second-order valence-electron chi connectivity index (χ2n) is 6.06. The molecule has 0 N–H and O–H groups in total. The quantitative estimate of drug-likeness (QED) is 0.550. The van der Waals surface area contributed by atoms with E-state index >= 15 is 0 Å². The Bertz CT molecular complexity index is 598. The largest absolute Gasteiger partial charge is 0.373 e. The van der Waals surface area contributed by atoms with Gasteiger partial charge in [0, 0.05) is 25.3 Å². The van der Waals surface area contributed by atoms with E-state index in [2.05, 4.69) is 0 Å². The molecular weight excluding hydrogens is 340 g/mol. The van der Waals surface area contributed by atoms with Crippen LogP contribution in [0.2, 0.25) is 0 Å². The molecule has 2 aliphatic heterocycles. The fraction of sp³-hybridized carbons (Fsp3) is 0.714. The van der Waals surface area contributed by atoms with Gasteiger partial charge < -0.3 is 4.90 Å². The van der Waals surface area contributed by atoms with E-state index in [4.69, 9.17) is 12.2 Å². The molecular formula is C14H22N2O3S3. The maximum atomic E-state index is 12.4. The summed E-state index contributed by atoms with van der Waals surface area (Å²) in [5, 5.41) is 0. The molecule has 0 spiro atoms. The maximum absolute atomic E-state index is 12.4. The Labute approximate surface area is 142 Å². The van der Waals surface area contributed by atoms with E-state index in [9.17, 15) is 13.2 Å². The summed E-state index contributed by atoms with van der Waals surface area (Å²) in [5.74, 6) is 0.687. The Morgan fingerprint density at radius 1 is 1.50 bits per heavy atom. The molecule has 8 heteroatoms. The fourth-order valence-electron chi connectivity index (χ4n) is 2.66. The minimum absolute atomic E-state index is 0.0383. The van der Waals surface area contributed by atoms with Crippen molar-refractivity contribution in [3.05, 3.63) is 11.1 Å². The zero-order valence-electron chi connectivity index (χ0n) is 13.1. The molecule has 0 aromatic carbocycles. The first kappa shape index (κ1) is 17.7. The van der Waals surface area contributed by atoms with Crippen LogP contribution in [0.3, 0.4) is 0 Å². The first-order chi connectivity index (χ1) is 10.2. The van der Waals surface area contributed by atoms with Gasteiger partial charge in [-0.3, -0.25) is 9.69 Å². The smallest absolute Gasteiger partial charge is 0.267 e. The molecule has 2 fully saturated rings. The molecule has 2 saturated heterocycles. The maximum Gasteiger partial charge on any atom is 0.267 e. The molecule has 5 nitrogen and oxygen atoms in total. The van der Waals surface area contributed by atoms with Gasteiger partial charge in [-0.1, -0.05) is 37.8 Å². The number of thiocarbonyl (C=S) groups is 1. The summed E-state index contributed by atoms with van der Waals surface area (Å²) in [6, 6.07) is -0.0383. The normalized spacial score (nSPS) is 26.5. The number of hydrogen-bond donors (Lipinski definition) is 0. The molecule has 0 aliphatic carbocycles. The van der Waals surface area contributed by atoms with Gasteiger partial charge in [-0.2, -0.15) is 0 Å². The number of rotatable bonds is 5. The van der Waals surface area contributed by atoms with E-state index in [0.29, 0.717) is 34.7 Å². The van der Waals surface area contributed by atoms with Crippen LogP contribution in [0.1, 0.15) is 27.2 Å². The van der Waals surface area contributed by atoms with Crippen molar-refractivity contribution in [2.75, 3.05) is 24.6 Å². The van der Waals surface area contributed by atoms with Gasteiger partial charge in [0.2, 0.25) is 0 Å². The predicted molar refractivity (Wildman–Crippen MR) is 94.3 cm³/mol. The van der Waals surface area contributed by atoms with Gasteiger partial charge in [-0.25, -0.2) is 8.42 Å². The average molecular weight is 363 g/mol.